The number of thiazole rings is 1. The highest BCUT2D eigenvalue weighted by Crippen LogP contribution is 2.25. The minimum atomic E-state index is -0.0509. The van der Waals surface area contributed by atoms with E-state index in [9.17, 15) is 9.59 Å². The van der Waals surface area contributed by atoms with Crippen molar-refractivity contribution >= 4 is 23.2 Å². The van der Waals surface area contributed by atoms with E-state index in [1.54, 1.807) is 17.0 Å². The number of rotatable bonds is 5. The van der Waals surface area contributed by atoms with Gasteiger partial charge in [-0.05, 0) is 50.2 Å². The van der Waals surface area contributed by atoms with Gasteiger partial charge >= 0.3 is 0 Å². The Balaban J connectivity index is 1.18. The highest BCUT2D eigenvalue weighted by atomic mass is 32.1. The molecule has 0 aliphatic carbocycles. The van der Waals surface area contributed by atoms with Crippen LogP contribution < -0.4 is 0 Å². The van der Waals surface area contributed by atoms with Gasteiger partial charge in [-0.25, -0.2) is 4.98 Å². The summed E-state index contributed by atoms with van der Waals surface area (Å²) >= 11 is 1.51. The van der Waals surface area contributed by atoms with E-state index in [-0.39, 0.29) is 11.8 Å². The average molecular weight is 488 g/mol. The molecule has 9 heteroatoms. The summed E-state index contributed by atoms with van der Waals surface area (Å²) in [5.41, 5.74) is 4.29. The zero-order chi connectivity index (χ0) is 24.4. The van der Waals surface area contributed by atoms with Gasteiger partial charge in [-0.1, -0.05) is 17.7 Å². The number of aromatic nitrogens is 3. The Morgan fingerprint density at radius 3 is 2.00 bits per heavy atom. The predicted octanol–water partition coefficient (Wildman–Crippen LogP) is 4.00. The van der Waals surface area contributed by atoms with Crippen LogP contribution in [0.25, 0.3) is 22.9 Å². The quantitative estimate of drug-likeness (QED) is 0.422. The summed E-state index contributed by atoms with van der Waals surface area (Å²) in [6, 6.07) is 15.1. The third kappa shape index (κ3) is 5.14. The van der Waals surface area contributed by atoms with Crippen LogP contribution in [0.5, 0.6) is 0 Å². The minimum absolute atomic E-state index is 0.0509. The number of carbonyl (C=O) groups is 2. The molecule has 0 radical (unpaired) electrons. The van der Waals surface area contributed by atoms with Crippen LogP contribution in [-0.4, -0.2) is 63.0 Å². The molecule has 178 valence electrons. The normalized spacial score (nSPS) is 13.8. The lowest BCUT2D eigenvalue weighted by Gasteiger charge is -2.34. The molecule has 2 amide bonds. The smallest absolute Gasteiger partial charge is 0.253 e. The molecule has 0 saturated carbocycles. The van der Waals surface area contributed by atoms with Gasteiger partial charge < -0.3 is 14.2 Å². The first kappa shape index (κ1) is 22.9. The van der Waals surface area contributed by atoms with Gasteiger partial charge in [-0.2, -0.15) is 0 Å². The molecule has 1 aliphatic rings. The molecule has 2 aromatic carbocycles. The van der Waals surface area contributed by atoms with Crippen molar-refractivity contribution in [3.63, 3.8) is 0 Å². The summed E-state index contributed by atoms with van der Waals surface area (Å²) in [6.07, 6.45) is 0.315. The van der Waals surface area contributed by atoms with Crippen molar-refractivity contribution in [2.24, 2.45) is 0 Å². The monoisotopic (exact) mass is 487 g/mol. The van der Waals surface area contributed by atoms with Crippen LogP contribution in [-0.2, 0) is 11.2 Å². The lowest BCUT2D eigenvalue weighted by molar-refractivity contribution is -0.131. The van der Waals surface area contributed by atoms with Gasteiger partial charge in [0.2, 0.25) is 17.7 Å². The van der Waals surface area contributed by atoms with E-state index in [2.05, 4.69) is 15.2 Å². The second kappa shape index (κ2) is 9.79. The van der Waals surface area contributed by atoms with E-state index in [1.165, 1.54) is 11.3 Å². The van der Waals surface area contributed by atoms with E-state index in [1.807, 2.05) is 60.5 Å². The van der Waals surface area contributed by atoms with E-state index < -0.39 is 0 Å². The van der Waals surface area contributed by atoms with Crippen LogP contribution in [0.4, 0.5) is 0 Å². The van der Waals surface area contributed by atoms with Crippen molar-refractivity contribution in [1.29, 1.82) is 0 Å². The standard InChI is InChI=1S/C26H25N5O3S/c1-17-3-5-19(6-4-17)24-28-29-25(34-24)20-7-9-21(10-8-20)26(33)31-13-11-30(12-14-31)23(32)15-22-27-18(2)16-35-22/h3-10,16H,11-15H2,1-2H3. The number of hydrogen-bond donors (Lipinski definition) is 0. The largest absolute Gasteiger partial charge is 0.416 e. The molecule has 0 atom stereocenters. The summed E-state index contributed by atoms with van der Waals surface area (Å²) in [7, 11) is 0. The molecule has 4 aromatic rings. The Hall–Kier alpha value is -3.85. The minimum Gasteiger partial charge on any atom is -0.416 e. The predicted molar refractivity (Wildman–Crippen MR) is 133 cm³/mol. The first-order valence-electron chi connectivity index (χ1n) is 11.5. The van der Waals surface area contributed by atoms with Crippen LogP contribution >= 0.6 is 11.3 Å². The van der Waals surface area contributed by atoms with Gasteiger partial charge in [0.25, 0.3) is 5.91 Å². The first-order valence-corrected chi connectivity index (χ1v) is 12.3. The maximum atomic E-state index is 13.0. The summed E-state index contributed by atoms with van der Waals surface area (Å²) in [4.78, 5) is 33.5. The molecule has 0 unspecified atom stereocenters. The highest BCUT2D eigenvalue weighted by molar-refractivity contribution is 7.09. The number of amides is 2. The second-order valence-electron chi connectivity index (χ2n) is 8.59. The summed E-state index contributed by atoms with van der Waals surface area (Å²) in [5, 5.41) is 11.1. The number of benzene rings is 2. The molecular weight excluding hydrogens is 462 g/mol. The molecule has 3 heterocycles. The lowest BCUT2D eigenvalue weighted by atomic mass is 10.1. The van der Waals surface area contributed by atoms with Crippen molar-refractivity contribution < 1.29 is 14.0 Å². The van der Waals surface area contributed by atoms with Gasteiger partial charge in [0, 0.05) is 53.9 Å². The van der Waals surface area contributed by atoms with Crippen LogP contribution in [0.15, 0.2) is 58.3 Å². The molecule has 1 saturated heterocycles. The number of piperazine rings is 1. The molecule has 8 nitrogen and oxygen atoms in total. The maximum absolute atomic E-state index is 13.0. The van der Waals surface area contributed by atoms with Crippen LogP contribution in [0, 0.1) is 13.8 Å². The summed E-state index contributed by atoms with van der Waals surface area (Å²) < 4.78 is 5.83. The Kier molecular flexibility index (Phi) is 6.41. The van der Waals surface area contributed by atoms with Gasteiger partial charge in [-0.3, -0.25) is 9.59 Å². The molecule has 1 aliphatic heterocycles. The van der Waals surface area contributed by atoms with E-state index in [4.69, 9.17) is 4.42 Å². The van der Waals surface area contributed by atoms with Gasteiger partial charge in [0.15, 0.2) is 0 Å². The molecule has 35 heavy (non-hydrogen) atoms. The number of aryl methyl sites for hydroxylation is 2. The third-order valence-electron chi connectivity index (χ3n) is 5.99. The molecular formula is C26H25N5O3S. The number of nitrogens with zero attached hydrogens (tertiary/aromatic N) is 5. The molecule has 0 bridgehead atoms. The second-order valence-corrected chi connectivity index (χ2v) is 9.53. The Bertz CT molecular complexity index is 1340. The fourth-order valence-electron chi connectivity index (χ4n) is 3.97. The summed E-state index contributed by atoms with van der Waals surface area (Å²) in [5.74, 6) is 0.866. The van der Waals surface area contributed by atoms with Crippen molar-refractivity contribution in [2.45, 2.75) is 20.3 Å². The molecule has 2 aromatic heterocycles. The molecule has 0 spiro atoms. The average Bonchev–Trinajstić information content (AvgIpc) is 3.53. The first-order chi connectivity index (χ1) is 17.0. The highest BCUT2D eigenvalue weighted by Gasteiger charge is 2.25. The molecule has 5 rings (SSSR count). The topological polar surface area (TPSA) is 92.4 Å². The van der Waals surface area contributed by atoms with Gasteiger partial charge in [0.05, 0.1) is 6.42 Å². The maximum Gasteiger partial charge on any atom is 0.253 e. The Labute approximate surface area is 207 Å². The van der Waals surface area contributed by atoms with E-state index in [0.717, 1.165) is 27.4 Å². The van der Waals surface area contributed by atoms with Crippen LogP contribution in [0.1, 0.15) is 26.6 Å². The fraction of sp³-hybridized carbons (Fsp3) is 0.269. The number of carbonyl (C=O) groups excluding carboxylic acids is 2. The van der Waals surface area contributed by atoms with Crippen molar-refractivity contribution in [2.75, 3.05) is 26.2 Å². The van der Waals surface area contributed by atoms with E-state index in [0.29, 0.717) is 49.9 Å². The van der Waals surface area contributed by atoms with Crippen LogP contribution in [0.3, 0.4) is 0 Å². The van der Waals surface area contributed by atoms with Gasteiger partial charge in [0.1, 0.15) is 5.01 Å². The zero-order valence-corrected chi connectivity index (χ0v) is 20.4. The number of hydrogen-bond acceptors (Lipinski definition) is 7. The molecule has 1 fully saturated rings. The Morgan fingerprint density at radius 1 is 0.857 bits per heavy atom. The van der Waals surface area contributed by atoms with Gasteiger partial charge in [-0.15, -0.1) is 21.5 Å². The van der Waals surface area contributed by atoms with Crippen LogP contribution in [0.2, 0.25) is 0 Å². The van der Waals surface area contributed by atoms with Crippen molar-refractivity contribution in [3.05, 3.63) is 75.7 Å². The molecule has 0 N–H and O–H groups in total. The van der Waals surface area contributed by atoms with Crippen molar-refractivity contribution in [3.8, 4) is 22.9 Å². The Morgan fingerprint density at radius 2 is 1.43 bits per heavy atom. The van der Waals surface area contributed by atoms with Crippen molar-refractivity contribution in [1.82, 2.24) is 25.0 Å². The fourth-order valence-corrected chi connectivity index (χ4v) is 4.74. The summed E-state index contributed by atoms with van der Waals surface area (Å²) in [6.45, 7) is 6.01. The zero-order valence-electron chi connectivity index (χ0n) is 19.6. The SMILES string of the molecule is Cc1ccc(-c2nnc(-c3ccc(C(=O)N4CCN(C(=O)Cc5nc(C)cs5)CC4)cc3)o2)cc1. The lowest BCUT2D eigenvalue weighted by Crippen LogP contribution is -2.51. The van der Waals surface area contributed by atoms with E-state index >= 15 is 0 Å². The third-order valence-corrected chi connectivity index (χ3v) is 6.96.